The largest absolute Gasteiger partial charge is 0.497 e. The van der Waals surface area contributed by atoms with Crippen molar-refractivity contribution in [3.05, 3.63) is 48.2 Å². The van der Waals surface area contributed by atoms with Crippen LogP contribution in [-0.4, -0.2) is 36.5 Å². The second kappa shape index (κ2) is 8.22. The molecule has 0 unspecified atom stereocenters. The van der Waals surface area contributed by atoms with E-state index in [1.807, 2.05) is 37.3 Å². The summed E-state index contributed by atoms with van der Waals surface area (Å²) in [6, 6.07) is 11.3. The number of hydrogen-bond acceptors (Lipinski definition) is 8. The van der Waals surface area contributed by atoms with Crippen LogP contribution in [-0.2, 0) is 0 Å². The second-order valence-electron chi connectivity index (χ2n) is 5.69. The van der Waals surface area contributed by atoms with E-state index in [9.17, 15) is 0 Å². The number of benzene rings is 2. The Hall–Kier alpha value is -3.55. The maximum Gasteiger partial charge on any atom is 0.249 e. The molecular weight excluding hydrogens is 346 g/mol. The molecule has 8 heteroatoms. The van der Waals surface area contributed by atoms with Crippen LogP contribution in [0.1, 0.15) is 5.56 Å². The van der Waals surface area contributed by atoms with Gasteiger partial charge in [-0.1, -0.05) is 6.07 Å². The van der Waals surface area contributed by atoms with Gasteiger partial charge in [-0.3, -0.25) is 0 Å². The fraction of sp³-hybridized carbons (Fsp3) is 0.211. The Labute approximate surface area is 157 Å². The van der Waals surface area contributed by atoms with Gasteiger partial charge in [-0.2, -0.15) is 10.1 Å². The molecule has 0 atom stereocenters. The molecule has 140 valence electrons. The molecule has 0 spiro atoms. The first-order chi connectivity index (χ1) is 13.1. The lowest BCUT2D eigenvalue weighted by atomic mass is 10.2. The molecule has 0 saturated carbocycles. The number of aryl methyl sites for hydroxylation is 1. The van der Waals surface area contributed by atoms with Crippen LogP contribution < -0.4 is 24.8 Å². The Morgan fingerprint density at radius 2 is 1.63 bits per heavy atom. The quantitative estimate of drug-likeness (QED) is 0.653. The molecule has 0 bridgehead atoms. The van der Waals surface area contributed by atoms with E-state index >= 15 is 0 Å². The highest BCUT2D eigenvalue weighted by atomic mass is 16.5. The SMILES string of the molecule is COc1ccc(Nc2nncc(Nc3cc(C)ccc3OC)n2)c(OC)c1. The molecule has 0 aliphatic rings. The number of nitrogens with one attached hydrogen (secondary N) is 2. The van der Waals surface area contributed by atoms with Gasteiger partial charge in [0.2, 0.25) is 5.95 Å². The Morgan fingerprint density at radius 1 is 0.815 bits per heavy atom. The van der Waals surface area contributed by atoms with Gasteiger partial charge in [0, 0.05) is 6.07 Å². The third kappa shape index (κ3) is 4.35. The summed E-state index contributed by atoms with van der Waals surface area (Å²) in [6.45, 7) is 2.01. The molecule has 2 aromatic carbocycles. The van der Waals surface area contributed by atoms with Crippen molar-refractivity contribution in [2.75, 3.05) is 32.0 Å². The monoisotopic (exact) mass is 367 g/mol. The van der Waals surface area contributed by atoms with Crippen LogP contribution in [0.4, 0.5) is 23.1 Å². The van der Waals surface area contributed by atoms with E-state index in [4.69, 9.17) is 14.2 Å². The van der Waals surface area contributed by atoms with Crippen molar-refractivity contribution in [2.45, 2.75) is 6.92 Å². The summed E-state index contributed by atoms with van der Waals surface area (Å²) in [5, 5.41) is 14.3. The maximum absolute atomic E-state index is 5.38. The molecule has 27 heavy (non-hydrogen) atoms. The van der Waals surface area contributed by atoms with Crippen molar-refractivity contribution in [1.82, 2.24) is 15.2 Å². The second-order valence-corrected chi connectivity index (χ2v) is 5.69. The standard InChI is InChI=1S/C19H21N5O3/c1-12-5-8-16(26-3)15(9-12)21-18-11-20-24-19(23-18)22-14-7-6-13(25-2)10-17(14)27-4/h5-11H,1-4H3,(H2,21,22,23,24). The highest BCUT2D eigenvalue weighted by Crippen LogP contribution is 2.31. The third-order valence-corrected chi connectivity index (χ3v) is 3.83. The molecule has 0 fully saturated rings. The molecule has 3 aromatic rings. The minimum absolute atomic E-state index is 0.329. The smallest absolute Gasteiger partial charge is 0.249 e. The van der Waals surface area contributed by atoms with Gasteiger partial charge in [0.1, 0.15) is 17.2 Å². The molecule has 8 nitrogen and oxygen atoms in total. The first-order valence-corrected chi connectivity index (χ1v) is 8.23. The van der Waals surface area contributed by atoms with Crippen LogP contribution in [0.3, 0.4) is 0 Å². The highest BCUT2D eigenvalue weighted by molar-refractivity contribution is 5.67. The van der Waals surface area contributed by atoms with Crippen molar-refractivity contribution in [1.29, 1.82) is 0 Å². The van der Waals surface area contributed by atoms with Crippen LogP contribution in [0.25, 0.3) is 0 Å². The molecule has 0 amide bonds. The van der Waals surface area contributed by atoms with Crippen LogP contribution in [0.2, 0.25) is 0 Å². The Bertz CT molecular complexity index is 933. The lowest BCUT2D eigenvalue weighted by Crippen LogP contribution is -2.04. The minimum atomic E-state index is 0.329. The van der Waals surface area contributed by atoms with Crippen molar-refractivity contribution in [2.24, 2.45) is 0 Å². The van der Waals surface area contributed by atoms with Crippen LogP contribution in [0, 0.1) is 6.92 Å². The summed E-state index contributed by atoms with van der Waals surface area (Å²) in [5.74, 6) is 2.87. The third-order valence-electron chi connectivity index (χ3n) is 3.83. The molecular formula is C19H21N5O3. The fourth-order valence-electron chi connectivity index (χ4n) is 2.50. The molecule has 0 aliphatic carbocycles. The van der Waals surface area contributed by atoms with Crippen LogP contribution >= 0.6 is 0 Å². The number of anilines is 4. The molecule has 1 heterocycles. The van der Waals surface area contributed by atoms with Crippen molar-refractivity contribution >= 4 is 23.1 Å². The van der Waals surface area contributed by atoms with E-state index in [-0.39, 0.29) is 0 Å². The number of nitrogens with zero attached hydrogens (tertiary/aromatic N) is 3. The normalized spacial score (nSPS) is 10.2. The van der Waals surface area contributed by atoms with Gasteiger partial charge < -0.3 is 24.8 Å². The number of rotatable bonds is 7. The zero-order valence-corrected chi connectivity index (χ0v) is 15.6. The molecule has 0 radical (unpaired) electrons. The maximum atomic E-state index is 5.38. The van der Waals surface area contributed by atoms with E-state index in [1.54, 1.807) is 27.4 Å². The molecule has 3 rings (SSSR count). The number of hydrogen-bond donors (Lipinski definition) is 2. The van der Waals surface area contributed by atoms with Gasteiger partial charge in [-0.15, -0.1) is 5.10 Å². The number of aromatic nitrogens is 3. The summed E-state index contributed by atoms with van der Waals surface area (Å²) in [5.41, 5.74) is 2.60. The molecule has 0 aliphatic heterocycles. The fourth-order valence-corrected chi connectivity index (χ4v) is 2.50. The van der Waals surface area contributed by atoms with E-state index in [0.29, 0.717) is 34.7 Å². The van der Waals surface area contributed by atoms with Crippen LogP contribution in [0.5, 0.6) is 17.2 Å². The number of methoxy groups -OCH3 is 3. The zero-order chi connectivity index (χ0) is 19.2. The summed E-state index contributed by atoms with van der Waals surface area (Å²) >= 11 is 0. The van der Waals surface area contributed by atoms with Crippen LogP contribution in [0.15, 0.2) is 42.6 Å². The van der Waals surface area contributed by atoms with Gasteiger partial charge in [0.15, 0.2) is 5.82 Å². The predicted molar refractivity (Wildman–Crippen MR) is 104 cm³/mol. The Kier molecular flexibility index (Phi) is 5.55. The summed E-state index contributed by atoms with van der Waals surface area (Å²) in [6.07, 6.45) is 1.54. The molecule has 1 aromatic heterocycles. The number of ether oxygens (including phenoxy) is 3. The van der Waals surface area contributed by atoms with Gasteiger partial charge in [0.25, 0.3) is 0 Å². The Morgan fingerprint density at radius 3 is 2.37 bits per heavy atom. The summed E-state index contributed by atoms with van der Waals surface area (Å²) in [7, 11) is 4.81. The minimum Gasteiger partial charge on any atom is -0.497 e. The zero-order valence-electron chi connectivity index (χ0n) is 15.6. The van der Waals surface area contributed by atoms with E-state index in [2.05, 4.69) is 25.8 Å². The first-order valence-electron chi connectivity index (χ1n) is 8.23. The topological polar surface area (TPSA) is 90.4 Å². The lowest BCUT2D eigenvalue weighted by molar-refractivity contribution is 0.395. The Balaban J connectivity index is 1.83. The molecule has 0 saturated heterocycles. The summed E-state index contributed by atoms with van der Waals surface area (Å²) < 4.78 is 16.0. The highest BCUT2D eigenvalue weighted by Gasteiger charge is 2.09. The van der Waals surface area contributed by atoms with Gasteiger partial charge in [-0.05, 0) is 36.8 Å². The van der Waals surface area contributed by atoms with Gasteiger partial charge in [0.05, 0.1) is 38.9 Å². The molecule has 2 N–H and O–H groups in total. The average Bonchev–Trinajstić information content (AvgIpc) is 2.69. The van der Waals surface area contributed by atoms with E-state index < -0.39 is 0 Å². The van der Waals surface area contributed by atoms with E-state index in [0.717, 1.165) is 11.3 Å². The average molecular weight is 367 g/mol. The van der Waals surface area contributed by atoms with E-state index in [1.165, 1.54) is 6.20 Å². The first kappa shape index (κ1) is 18.2. The summed E-state index contributed by atoms with van der Waals surface area (Å²) in [4.78, 5) is 4.45. The van der Waals surface area contributed by atoms with Crippen molar-refractivity contribution in [3.8, 4) is 17.2 Å². The van der Waals surface area contributed by atoms with Gasteiger partial charge >= 0.3 is 0 Å². The van der Waals surface area contributed by atoms with Gasteiger partial charge in [-0.25, -0.2) is 0 Å². The lowest BCUT2D eigenvalue weighted by Gasteiger charge is -2.13. The van der Waals surface area contributed by atoms with Crippen molar-refractivity contribution < 1.29 is 14.2 Å². The predicted octanol–water partition coefficient (Wildman–Crippen LogP) is 3.69. The van der Waals surface area contributed by atoms with Crippen molar-refractivity contribution in [3.63, 3.8) is 0 Å².